The minimum Gasteiger partial charge on any atom is -0.230 e. The normalized spacial score (nSPS) is 27.4. The standard InChI is InChI=1S/C13H10F16/c1-2-5-3-4-6(14,15)7(5,16)8(17,18)9(19,20)10(21,22)11(23,24)12(25,26)13(27,28)29/h5H,2-4H2,1H3. The lowest BCUT2D eigenvalue weighted by atomic mass is 9.77. The molecule has 0 bridgehead atoms. The quantitative estimate of drug-likeness (QED) is 0.371. The van der Waals surface area contributed by atoms with Crippen molar-refractivity contribution >= 4 is 0 Å². The van der Waals surface area contributed by atoms with Crippen molar-refractivity contribution in [1.29, 1.82) is 0 Å². The highest BCUT2D eigenvalue weighted by molar-refractivity contribution is 5.21. The first kappa shape index (κ1) is 25.9. The van der Waals surface area contributed by atoms with Gasteiger partial charge in [-0.25, -0.2) is 13.2 Å². The van der Waals surface area contributed by atoms with E-state index in [4.69, 9.17) is 0 Å². The van der Waals surface area contributed by atoms with E-state index in [9.17, 15) is 70.2 Å². The van der Waals surface area contributed by atoms with E-state index in [0.29, 0.717) is 6.92 Å². The Bertz CT molecular complexity index is 617. The van der Waals surface area contributed by atoms with Gasteiger partial charge < -0.3 is 0 Å². The zero-order valence-corrected chi connectivity index (χ0v) is 13.7. The molecule has 2 unspecified atom stereocenters. The Balaban J connectivity index is 3.71. The van der Waals surface area contributed by atoms with Gasteiger partial charge in [0, 0.05) is 12.3 Å². The van der Waals surface area contributed by atoms with Crippen LogP contribution in [0.4, 0.5) is 70.2 Å². The van der Waals surface area contributed by atoms with Crippen LogP contribution in [0.5, 0.6) is 0 Å². The Morgan fingerprint density at radius 2 is 1.03 bits per heavy atom. The van der Waals surface area contributed by atoms with Crippen LogP contribution in [0.25, 0.3) is 0 Å². The lowest BCUT2D eigenvalue weighted by molar-refractivity contribution is -0.453. The minimum atomic E-state index is -8.31. The van der Waals surface area contributed by atoms with Crippen LogP contribution in [0.15, 0.2) is 0 Å². The van der Waals surface area contributed by atoms with Gasteiger partial charge in [0.05, 0.1) is 0 Å². The second kappa shape index (κ2) is 6.44. The highest BCUT2D eigenvalue weighted by Crippen LogP contribution is 2.67. The smallest absolute Gasteiger partial charge is 0.230 e. The molecule has 0 nitrogen and oxygen atoms in total. The van der Waals surface area contributed by atoms with Crippen LogP contribution in [0.1, 0.15) is 26.2 Å². The van der Waals surface area contributed by atoms with E-state index in [1.807, 2.05) is 0 Å². The molecule has 29 heavy (non-hydrogen) atoms. The van der Waals surface area contributed by atoms with Crippen LogP contribution < -0.4 is 0 Å². The molecule has 174 valence electrons. The molecule has 0 heterocycles. The summed E-state index contributed by atoms with van der Waals surface area (Å²) in [5.41, 5.74) is -5.94. The maximum absolute atomic E-state index is 14.5. The molecule has 0 saturated heterocycles. The van der Waals surface area contributed by atoms with Crippen LogP contribution in [-0.4, -0.2) is 47.4 Å². The summed E-state index contributed by atoms with van der Waals surface area (Å²) in [5.74, 6) is -48.5. The first-order chi connectivity index (χ1) is 12.4. The molecule has 1 fully saturated rings. The third-order valence-corrected chi connectivity index (χ3v) is 4.78. The summed E-state index contributed by atoms with van der Waals surface area (Å²) < 4.78 is 212. The summed E-state index contributed by atoms with van der Waals surface area (Å²) >= 11 is 0. The molecule has 2 atom stereocenters. The fourth-order valence-corrected chi connectivity index (χ4v) is 3.00. The molecule has 1 saturated carbocycles. The van der Waals surface area contributed by atoms with Gasteiger partial charge >= 0.3 is 35.8 Å². The first-order valence-corrected chi connectivity index (χ1v) is 7.44. The van der Waals surface area contributed by atoms with Crippen molar-refractivity contribution in [2.24, 2.45) is 5.92 Å². The Kier molecular flexibility index (Phi) is 5.75. The Hall–Kier alpha value is -1.12. The van der Waals surface area contributed by atoms with E-state index in [-0.39, 0.29) is 0 Å². The van der Waals surface area contributed by atoms with Crippen LogP contribution in [0.3, 0.4) is 0 Å². The summed E-state index contributed by atoms with van der Waals surface area (Å²) in [5, 5.41) is 0. The molecule has 1 aliphatic rings. The molecule has 0 spiro atoms. The number of alkyl halides is 16. The van der Waals surface area contributed by atoms with Crippen molar-refractivity contribution in [2.45, 2.75) is 73.6 Å². The van der Waals surface area contributed by atoms with Gasteiger partial charge in [0.15, 0.2) is 0 Å². The Morgan fingerprint density at radius 3 is 1.38 bits per heavy atom. The lowest BCUT2D eigenvalue weighted by Gasteiger charge is -2.45. The van der Waals surface area contributed by atoms with E-state index in [1.54, 1.807) is 0 Å². The SMILES string of the molecule is CCC1CCC(F)(F)C1(F)C(F)(F)C(F)(F)C(F)(F)C(F)(F)C(F)(F)C(F)(F)F. The highest BCUT2D eigenvalue weighted by Gasteiger charge is 2.95. The van der Waals surface area contributed by atoms with Gasteiger partial charge in [0.1, 0.15) is 0 Å². The van der Waals surface area contributed by atoms with Gasteiger partial charge in [-0.3, -0.25) is 0 Å². The van der Waals surface area contributed by atoms with Gasteiger partial charge in [0.25, 0.3) is 5.92 Å². The largest absolute Gasteiger partial charge is 0.460 e. The van der Waals surface area contributed by atoms with Crippen molar-refractivity contribution in [3.05, 3.63) is 0 Å². The topological polar surface area (TPSA) is 0 Å². The molecular weight excluding hydrogens is 460 g/mol. The summed E-state index contributed by atoms with van der Waals surface area (Å²) in [6.07, 6.45) is -12.0. The number of rotatable bonds is 6. The molecule has 0 aromatic heterocycles. The molecule has 0 radical (unpaired) electrons. The van der Waals surface area contributed by atoms with Gasteiger partial charge in [-0.15, -0.1) is 0 Å². The summed E-state index contributed by atoms with van der Waals surface area (Å²) in [4.78, 5) is 0. The summed E-state index contributed by atoms with van der Waals surface area (Å²) in [6, 6.07) is 0. The molecule has 0 N–H and O–H groups in total. The van der Waals surface area contributed by atoms with Gasteiger partial charge in [-0.1, -0.05) is 6.92 Å². The van der Waals surface area contributed by atoms with Gasteiger partial charge in [-0.05, 0) is 12.8 Å². The second-order valence-corrected chi connectivity index (χ2v) is 6.43. The molecule has 0 aliphatic heterocycles. The van der Waals surface area contributed by atoms with Crippen molar-refractivity contribution in [3.8, 4) is 0 Å². The van der Waals surface area contributed by atoms with E-state index in [2.05, 4.69) is 0 Å². The predicted octanol–water partition coefficient (Wildman–Crippen LogP) is 6.89. The van der Waals surface area contributed by atoms with Crippen molar-refractivity contribution in [1.82, 2.24) is 0 Å². The molecular formula is C13H10F16. The minimum absolute atomic E-state index is 0.666. The van der Waals surface area contributed by atoms with E-state index >= 15 is 0 Å². The average Bonchev–Trinajstić information content (AvgIpc) is 2.76. The fraction of sp³-hybridized carbons (Fsp3) is 1.00. The van der Waals surface area contributed by atoms with Crippen LogP contribution >= 0.6 is 0 Å². The van der Waals surface area contributed by atoms with Crippen LogP contribution in [-0.2, 0) is 0 Å². The number of hydrogen-bond acceptors (Lipinski definition) is 0. The van der Waals surface area contributed by atoms with E-state index < -0.39 is 72.6 Å². The van der Waals surface area contributed by atoms with Crippen molar-refractivity contribution in [3.63, 3.8) is 0 Å². The number of hydrogen-bond donors (Lipinski definition) is 0. The van der Waals surface area contributed by atoms with Gasteiger partial charge in [-0.2, -0.15) is 57.1 Å². The Morgan fingerprint density at radius 1 is 0.655 bits per heavy atom. The Labute approximate surface area is 151 Å². The molecule has 1 aliphatic carbocycles. The zero-order chi connectivity index (χ0) is 23.7. The zero-order valence-electron chi connectivity index (χ0n) is 13.7. The maximum atomic E-state index is 14.5. The molecule has 0 aromatic carbocycles. The first-order valence-electron chi connectivity index (χ1n) is 7.44. The fourth-order valence-electron chi connectivity index (χ4n) is 3.00. The van der Waals surface area contributed by atoms with Crippen molar-refractivity contribution in [2.75, 3.05) is 0 Å². The maximum Gasteiger partial charge on any atom is 0.460 e. The molecule has 0 aromatic rings. The third-order valence-electron chi connectivity index (χ3n) is 4.78. The summed E-state index contributed by atoms with van der Waals surface area (Å²) in [7, 11) is 0. The van der Waals surface area contributed by atoms with Gasteiger partial charge in [0.2, 0.25) is 5.67 Å². The van der Waals surface area contributed by atoms with Crippen molar-refractivity contribution < 1.29 is 70.2 Å². The molecule has 1 rings (SSSR count). The van der Waals surface area contributed by atoms with Crippen LogP contribution in [0, 0.1) is 5.92 Å². The van der Waals surface area contributed by atoms with Crippen LogP contribution in [0.2, 0.25) is 0 Å². The second-order valence-electron chi connectivity index (χ2n) is 6.43. The number of halogens is 16. The third kappa shape index (κ3) is 2.89. The predicted molar refractivity (Wildman–Crippen MR) is 62.6 cm³/mol. The molecule has 16 heteroatoms. The van der Waals surface area contributed by atoms with E-state index in [1.165, 1.54) is 0 Å². The lowest BCUT2D eigenvalue weighted by Crippen LogP contribution is -2.75. The average molecular weight is 470 g/mol. The van der Waals surface area contributed by atoms with E-state index in [0.717, 1.165) is 0 Å². The molecule has 0 amide bonds. The monoisotopic (exact) mass is 470 g/mol. The summed E-state index contributed by atoms with van der Waals surface area (Å²) in [6.45, 7) is 0.666. The highest BCUT2D eigenvalue weighted by atomic mass is 19.4.